The predicted molar refractivity (Wildman–Crippen MR) is 92.0 cm³/mol. The molecule has 0 amide bonds. The topological polar surface area (TPSA) is 62.3 Å². The molecule has 1 aromatic heterocycles. The quantitative estimate of drug-likeness (QED) is 0.759. The molecule has 2 rings (SSSR count). The Morgan fingerprint density at radius 3 is 3.00 bits per heavy atom. The van der Waals surface area contributed by atoms with Crippen molar-refractivity contribution in [2.45, 2.75) is 32.2 Å². The first-order chi connectivity index (χ1) is 10.1. The molecule has 1 unspecified atom stereocenters. The van der Waals surface area contributed by atoms with Crippen LogP contribution in [0.15, 0.2) is 5.38 Å². The van der Waals surface area contributed by atoms with E-state index in [1.54, 1.807) is 30.0 Å². The van der Waals surface area contributed by atoms with E-state index in [0.29, 0.717) is 5.75 Å². The second kappa shape index (κ2) is 7.80. The maximum atomic E-state index is 12.3. The molecular formula is C13H23N3O2S3. The van der Waals surface area contributed by atoms with Crippen LogP contribution in [0.2, 0.25) is 0 Å². The molecule has 1 aromatic rings. The van der Waals surface area contributed by atoms with Crippen LogP contribution in [0, 0.1) is 0 Å². The van der Waals surface area contributed by atoms with Crippen molar-refractivity contribution in [3.63, 3.8) is 0 Å². The number of anilines is 1. The lowest BCUT2D eigenvalue weighted by molar-refractivity contribution is 0.579. The van der Waals surface area contributed by atoms with Gasteiger partial charge in [-0.1, -0.05) is 13.8 Å². The van der Waals surface area contributed by atoms with Gasteiger partial charge in [-0.05, 0) is 13.0 Å². The highest BCUT2D eigenvalue weighted by molar-refractivity contribution is 8.01. The lowest BCUT2D eigenvalue weighted by Crippen LogP contribution is -2.48. The smallest absolute Gasteiger partial charge is 0.186 e. The molecule has 8 heteroatoms. The fraction of sp³-hybridized carbons (Fsp3) is 0.769. The summed E-state index contributed by atoms with van der Waals surface area (Å²) in [5.74, 6) is 1.78. The van der Waals surface area contributed by atoms with E-state index in [9.17, 15) is 8.42 Å². The molecule has 2 heterocycles. The summed E-state index contributed by atoms with van der Waals surface area (Å²) < 4.78 is 24.5. The molecule has 1 atom stereocenters. The summed E-state index contributed by atoms with van der Waals surface area (Å²) in [5.41, 5.74) is 0.995. The van der Waals surface area contributed by atoms with E-state index in [1.807, 2.05) is 10.3 Å². The molecular weight excluding hydrogens is 326 g/mol. The summed E-state index contributed by atoms with van der Waals surface area (Å²) in [6.07, 6.45) is 1.09. The summed E-state index contributed by atoms with van der Waals surface area (Å²) in [6, 6.07) is 0. The van der Waals surface area contributed by atoms with Gasteiger partial charge in [0.1, 0.15) is 5.37 Å². The largest absolute Gasteiger partial charge is 0.329 e. The molecule has 1 aliphatic rings. The van der Waals surface area contributed by atoms with Crippen molar-refractivity contribution in [3.05, 3.63) is 11.1 Å². The maximum Gasteiger partial charge on any atom is 0.186 e. The lowest BCUT2D eigenvalue weighted by Gasteiger charge is -2.34. The minimum atomic E-state index is -3.07. The van der Waals surface area contributed by atoms with Crippen molar-refractivity contribution in [2.75, 3.05) is 35.2 Å². The average molecular weight is 350 g/mol. The number of aromatic nitrogens is 1. The van der Waals surface area contributed by atoms with Gasteiger partial charge >= 0.3 is 0 Å². The molecule has 120 valence electrons. The summed E-state index contributed by atoms with van der Waals surface area (Å²) in [6.45, 7) is 6.32. The Kier molecular flexibility index (Phi) is 6.34. The van der Waals surface area contributed by atoms with Gasteiger partial charge in [-0.3, -0.25) is 0 Å². The van der Waals surface area contributed by atoms with E-state index in [1.165, 1.54) is 0 Å². The first-order valence-corrected chi connectivity index (χ1v) is 11.0. The van der Waals surface area contributed by atoms with E-state index >= 15 is 0 Å². The molecule has 1 aliphatic heterocycles. The minimum Gasteiger partial charge on any atom is -0.329 e. The van der Waals surface area contributed by atoms with Gasteiger partial charge in [-0.15, -0.1) is 11.3 Å². The van der Waals surface area contributed by atoms with Crippen LogP contribution in [0.1, 0.15) is 26.0 Å². The number of nitrogens with zero attached hydrogens (tertiary/aromatic N) is 2. The fourth-order valence-electron chi connectivity index (χ4n) is 2.19. The lowest BCUT2D eigenvalue weighted by atomic mass is 10.4. The van der Waals surface area contributed by atoms with Gasteiger partial charge in [0.05, 0.1) is 5.69 Å². The number of sulfone groups is 1. The summed E-state index contributed by atoms with van der Waals surface area (Å²) >= 11 is 3.26. The van der Waals surface area contributed by atoms with E-state index < -0.39 is 15.2 Å². The number of nitrogens with one attached hydrogen (secondary N) is 1. The molecule has 0 saturated carbocycles. The van der Waals surface area contributed by atoms with Crippen molar-refractivity contribution in [2.24, 2.45) is 0 Å². The average Bonchev–Trinajstić information content (AvgIpc) is 2.96. The number of thioether (sulfide) groups is 1. The van der Waals surface area contributed by atoms with Crippen molar-refractivity contribution in [1.82, 2.24) is 10.3 Å². The molecule has 0 bridgehead atoms. The van der Waals surface area contributed by atoms with Gasteiger partial charge in [0, 0.05) is 35.7 Å². The fourth-order valence-corrected chi connectivity index (χ4v) is 6.13. The van der Waals surface area contributed by atoms with E-state index in [4.69, 9.17) is 0 Å². The zero-order valence-corrected chi connectivity index (χ0v) is 15.0. The van der Waals surface area contributed by atoms with Crippen LogP contribution < -0.4 is 10.2 Å². The van der Waals surface area contributed by atoms with Crippen LogP contribution in [-0.4, -0.2) is 49.1 Å². The minimum absolute atomic E-state index is 0.186. The summed E-state index contributed by atoms with van der Waals surface area (Å²) in [5, 5.41) is 5.76. The third kappa shape index (κ3) is 4.34. The molecule has 0 aromatic carbocycles. The Balaban J connectivity index is 2.11. The van der Waals surface area contributed by atoms with E-state index in [2.05, 4.69) is 17.2 Å². The van der Waals surface area contributed by atoms with Gasteiger partial charge in [-0.25, -0.2) is 13.4 Å². The Morgan fingerprint density at radius 2 is 2.29 bits per heavy atom. The molecule has 1 saturated heterocycles. The normalized spacial score (nSPS) is 19.9. The molecule has 5 nitrogen and oxygen atoms in total. The van der Waals surface area contributed by atoms with Gasteiger partial charge in [-0.2, -0.15) is 11.8 Å². The third-order valence-corrected chi connectivity index (χ3v) is 7.63. The Morgan fingerprint density at radius 1 is 1.48 bits per heavy atom. The molecule has 1 N–H and O–H groups in total. The van der Waals surface area contributed by atoms with Crippen LogP contribution in [0.25, 0.3) is 0 Å². The van der Waals surface area contributed by atoms with Gasteiger partial charge in [0.2, 0.25) is 0 Å². The van der Waals surface area contributed by atoms with E-state index in [0.717, 1.165) is 42.6 Å². The Labute approximate surface area is 135 Å². The van der Waals surface area contributed by atoms with E-state index in [-0.39, 0.29) is 5.75 Å². The second-order valence-electron chi connectivity index (χ2n) is 4.97. The van der Waals surface area contributed by atoms with Gasteiger partial charge < -0.3 is 10.2 Å². The highest BCUT2D eigenvalue weighted by Gasteiger charge is 2.34. The summed E-state index contributed by atoms with van der Waals surface area (Å²) in [7, 11) is -3.07. The number of hydrogen-bond acceptors (Lipinski definition) is 7. The molecule has 1 fully saturated rings. The van der Waals surface area contributed by atoms with Crippen LogP contribution in [-0.2, 0) is 16.4 Å². The predicted octanol–water partition coefficient (Wildman–Crippen LogP) is 1.96. The highest BCUT2D eigenvalue weighted by Crippen LogP contribution is 2.29. The van der Waals surface area contributed by atoms with Crippen LogP contribution in [0.5, 0.6) is 0 Å². The SMILES string of the molecule is CCCNCc1csc(N2CCSCC2S(=O)(=O)CC)n1. The van der Waals surface area contributed by atoms with Crippen LogP contribution in [0.4, 0.5) is 5.13 Å². The number of thiazole rings is 1. The standard InChI is InChI=1S/C13H23N3O2S3/c1-3-5-14-8-11-9-20-13(15-11)16-6-7-19-10-12(16)21(17,18)4-2/h9,12,14H,3-8,10H2,1-2H3. The Bertz CT molecular complexity index is 545. The molecule has 21 heavy (non-hydrogen) atoms. The van der Waals surface area contributed by atoms with Crippen molar-refractivity contribution < 1.29 is 8.42 Å². The first-order valence-electron chi connectivity index (χ1n) is 7.29. The van der Waals surface area contributed by atoms with Gasteiger partial charge in [0.15, 0.2) is 15.0 Å². The van der Waals surface area contributed by atoms with Crippen molar-refractivity contribution >= 4 is 38.1 Å². The van der Waals surface area contributed by atoms with Crippen molar-refractivity contribution in [3.8, 4) is 0 Å². The maximum absolute atomic E-state index is 12.3. The molecule has 0 spiro atoms. The molecule has 0 aliphatic carbocycles. The monoisotopic (exact) mass is 349 g/mol. The number of rotatable bonds is 7. The number of hydrogen-bond donors (Lipinski definition) is 1. The molecule has 0 radical (unpaired) electrons. The zero-order chi connectivity index (χ0) is 15.3. The van der Waals surface area contributed by atoms with Gasteiger partial charge in [0.25, 0.3) is 0 Å². The zero-order valence-electron chi connectivity index (χ0n) is 12.5. The Hall–Kier alpha value is -0.310. The first kappa shape index (κ1) is 17.1. The summed E-state index contributed by atoms with van der Waals surface area (Å²) in [4.78, 5) is 6.59. The van der Waals surface area contributed by atoms with Crippen molar-refractivity contribution in [1.29, 1.82) is 0 Å². The van der Waals surface area contributed by atoms with Crippen LogP contribution in [0.3, 0.4) is 0 Å². The third-order valence-electron chi connectivity index (χ3n) is 3.42. The highest BCUT2D eigenvalue weighted by atomic mass is 32.2. The van der Waals surface area contributed by atoms with Crippen LogP contribution >= 0.6 is 23.1 Å². The second-order valence-corrected chi connectivity index (χ2v) is 9.41.